The summed E-state index contributed by atoms with van der Waals surface area (Å²) in [5, 5.41) is 3.22. The molecule has 0 atom stereocenters. The summed E-state index contributed by atoms with van der Waals surface area (Å²) in [4.78, 5) is 5.60. The minimum atomic E-state index is 0.972. The van der Waals surface area contributed by atoms with Gasteiger partial charge in [0.1, 0.15) is 5.01 Å². The molecular weight excluding hydrogens is 222 g/mol. The number of benzene rings is 1. The molecule has 0 aliphatic carbocycles. The van der Waals surface area contributed by atoms with Crippen molar-refractivity contribution >= 4 is 23.1 Å². The highest BCUT2D eigenvalue weighted by Crippen LogP contribution is 2.25. The highest BCUT2D eigenvalue weighted by molar-refractivity contribution is 7.98. The Morgan fingerprint density at radius 1 is 1.27 bits per heavy atom. The number of aryl methyl sites for hydroxylation is 2. The molecule has 3 heteroatoms. The Bertz CT molecular complexity index is 435. The van der Waals surface area contributed by atoms with E-state index in [2.05, 4.69) is 37.0 Å². The predicted octanol–water partition coefficient (Wildman–Crippen LogP) is 4.05. The van der Waals surface area contributed by atoms with E-state index in [-0.39, 0.29) is 0 Å². The van der Waals surface area contributed by atoms with Gasteiger partial charge in [-0.1, -0.05) is 6.07 Å². The van der Waals surface area contributed by atoms with Crippen LogP contribution in [-0.2, 0) is 5.75 Å². The third-order valence-corrected chi connectivity index (χ3v) is 4.29. The molecule has 78 valence electrons. The molecule has 0 N–H and O–H groups in total. The first-order valence-corrected chi connectivity index (χ1v) is 6.70. The third kappa shape index (κ3) is 2.83. The molecule has 0 amide bonds. The van der Waals surface area contributed by atoms with E-state index in [0.29, 0.717) is 0 Å². The fourth-order valence-electron chi connectivity index (χ4n) is 1.27. The van der Waals surface area contributed by atoms with E-state index in [4.69, 9.17) is 0 Å². The minimum Gasteiger partial charge on any atom is -0.249 e. The maximum Gasteiger partial charge on any atom is 0.103 e. The zero-order valence-corrected chi connectivity index (χ0v) is 10.5. The minimum absolute atomic E-state index is 0.972. The lowest BCUT2D eigenvalue weighted by atomic mass is 10.1. The molecule has 1 aromatic heterocycles. The average Bonchev–Trinajstić information content (AvgIpc) is 2.73. The lowest BCUT2D eigenvalue weighted by Crippen LogP contribution is -1.82. The van der Waals surface area contributed by atoms with Crippen molar-refractivity contribution in [3.05, 3.63) is 45.9 Å². The molecule has 0 unspecified atom stereocenters. The number of aromatic nitrogens is 1. The molecule has 0 bridgehead atoms. The first-order valence-electron chi connectivity index (χ1n) is 4.84. The monoisotopic (exact) mass is 235 g/mol. The van der Waals surface area contributed by atoms with Gasteiger partial charge in [-0.3, -0.25) is 0 Å². The number of nitrogens with zero attached hydrogens (tertiary/aromatic N) is 1. The topological polar surface area (TPSA) is 12.9 Å². The molecule has 2 aromatic rings. The molecule has 0 spiro atoms. The van der Waals surface area contributed by atoms with E-state index in [1.54, 1.807) is 11.3 Å². The fraction of sp³-hybridized carbons (Fsp3) is 0.250. The molecule has 1 aromatic carbocycles. The van der Waals surface area contributed by atoms with E-state index in [1.807, 2.05) is 23.3 Å². The first-order chi connectivity index (χ1) is 7.25. The Morgan fingerprint density at radius 2 is 2.13 bits per heavy atom. The largest absolute Gasteiger partial charge is 0.249 e. The number of thioether (sulfide) groups is 1. The van der Waals surface area contributed by atoms with Crippen LogP contribution in [0.15, 0.2) is 34.7 Å². The van der Waals surface area contributed by atoms with Crippen molar-refractivity contribution in [2.75, 3.05) is 0 Å². The Balaban J connectivity index is 2.02. The van der Waals surface area contributed by atoms with Gasteiger partial charge in [-0.05, 0) is 37.1 Å². The maximum atomic E-state index is 4.27. The van der Waals surface area contributed by atoms with E-state index in [1.165, 1.54) is 21.0 Å². The van der Waals surface area contributed by atoms with E-state index in [9.17, 15) is 0 Å². The molecule has 0 radical (unpaired) electrons. The second-order valence-electron chi connectivity index (χ2n) is 3.46. The van der Waals surface area contributed by atoms with Gasteiger partial charge in [0.2, 0.25) is 0 Å². The average molecular weight is 235 g/mol. The van der Waals surface area contributed by atoms with Gasteiger partial charge in [-0.2, -0.15) is 0 Å². The Hall–Kier alpha value is -0.800. The third-order valence-electron chi connectivity index (χ3n) is 2.32. The van der Waals surface area contributed by atoms with Crippen LogP contribution < -0.4 is 0 Å². The predicted molar refractivity (Wildman–Crippen MR) is 67.6 cm³/mol. The smallest absolute Gasteiger partial charge is 0.103 e. The number of hydrogen-bond donors (Lipinski definition) is 0. The van der Waals surface area contributed by atoms with Crippen LogP contribution in [0.1, 0.15) is 16.1 Å². The molecular formula is C12H13NS2. The molecule has 0 saturated carbocycles. The second-order valence-corrected chi connectivity index (χ2v) is 5.49. The van der Waals surface area contributed by atoms with E-state index in [0.717, 1.165) is 5.75 Å². The van der Waals surface area contributed by atoms with Crippen LogP contribution in [-0.4, -0.2) is 4.98 Å². The van der Waals surface area contributed by atoms with Crippen LogP contribution in [0.2, 0.25) is 0 Å². The summed E-state index contributed by atoms with van der Waals surface area (Å²) in [5.41, 5.74) is 2.72. The van der Waals surface area contributed by atoms with Crippen molar-refractivity contribution < 1.29 is 0 Å². The molecule has 15 heavy (non-hydrogen) atoms. The van der Waals surface area contributed by atoms with Crippen LogP contribution in [0.5, 0.6) is 0 Å². The number of thiazole rings is 1. The van der Waals surface area contributed by atoms with Gasteiger partial charge in [0, 0.05) is 16.5 Å². The molecule has 0 aliphatic rings. The van der Waals surface area contributed by atoms with E-state index < -0.39 is 0 Å². The standard InChI is InChI=1S/C12H13NS2/c1-9-3-4-11(7-10(9)2)15-8-12-13-5-6-14-12/h3-7H,8H2,1-2H3. The highest BCUT2D eigenvalue weighted by Gasteiger charge is 1.99. The summed E-state index contributed by atoms with van der Waals surface area (Å²) in [6.07, 6.45) is 1.86. The maximum absolute atomic E-state index is 4.27. The van der Waals surface area contributed by atoms with Crippen LogP contribution >= 0.6 is 23.1 Å². The van der Waals surface area contributed by atoms with Crippen molar-refractivity contribution in [3.63, 3.8) is 0 Å². The number of hydrogen-bond acceptors (Lipinski definition) is 3. The molecule has 1 nitrogen and oxygen atoms in total. The zero-order valence-electron chi connectivity index (χ0n) is 8.86. The summed E-state index contributed by atoms with van der Waals surface area (Å²) < 4.78 is 0. The summed E-state index contributed by atoms with van der Waals surface area (Å²) in [7, 11) is 0. The lowest BCUT2D eigenvalue weighted by Gasteiger charge is -2.03. The van der Waals surface area contributed by atoms with Gasteiger partial charge in [-0.25, -0.2) is 4.98 Å². The Morgan fingerprint density at radius 3 is 2.80 bits per heavy atom. The summed E-state index contributed by atoms with van der Waals surface area (Å²) >= 11 is 3.57. The van der Waals surface area contributed by atoms with Crippen LogP contribution in [0.3, 0.4) is 0 Å². The van der Waals surface area contributed by atoms with Gasteiger partial charge in [-0.15, -0.1) is 23.1 Å². The van der Waals surface area contributed by atoms with Gasteiger partial charge in [0.15, 0.2) is 0 Å². The fourth-order valence-corrected chi connectivity index (χ4v) is 2.91. The van der Waals surface area contributed by atoms with Gasteiger partial charge in [0.25, 0.3) is 0 Å². The molecule has 0 aliphatic heterocycles. The van der Waals surface area contributed by atoms with Crippen LogP contribution in [0, 0.1) is 13.8 Å². The van der Waals surface area contributed by atoms with Crippen molar-refractivity contribution in [1.29, 1.82) is 0 Å². The van der Waals surface area contributed by atoms with Crippen molar-refractivity contribution in [2.45, 2.75) is 24.5 Å². The van der Waals surface area contributed by atoms with Crippen molar-refractivity contribution in [1.82, 2.24) is 4.98 Å². The summed E-state index contributed by atoms with van der Waals surface area (Å²) in [6, 6.07) is 6.60. The molecule has 1 heterocycles. The SMILES string of the molecule is Cc1ccc(SCc2nccs2)cc1C. The van der Waals surface area contributed by atoms with Gasteiger partial charge >= 0.3 is 0 Å². The Kier molecular flexibility index (Phi) is 3.44. The second kappa shape index (κ2) is 4.81. The van der Waals surface area contributed by atoms with Gasteiger partial charge in [0.05, 0.1) is 5.75 Å². The highest BCUT2D eigenvalue weighted by atomic mass is 32.2. The molecule has 0 saturated heterocycles. The normalized spacial score (nSPS) is 10.5. The van der Waals surface area contributed by atoms with Crippen molar-refractivity contribution in [3.8, 4) is 0 Å². The number of rotatable bonds is 3. The molecule has 2 rings (SSSR count). The van der Waals surface area contributed by atoms with Crippen LogP contribution in [0.25, 0.3) is 0 Å². The lowest BCUT2D eigenvalue weighted by molar-refractivity contribution is 1.25. The van der Waals surface area contributed by atoms with Crippen LogP contribution in [0.4, 0.5) is 0 Å². The molecule has 0 fully saturated rings. The Labute approximate surface area is 98.6 Å². The van der Waals surface area contributed by atoms with Gasteiger partial charge < -0.3 is 0 Å². The summed E-state index contributed by atoms with van der Waals surface area (Å²) in [5.74, 6) is 0.972. The van der Waals surface area contributed by atoms with Crippen molar-refractivity contribution in [2.24, 2.45) is 0 Å². The summed E-state index contributed by atoms with van der Waals surface area (Å²) in [6.45, 7) is 4.30. The first kappa shape index (κ1) is 10.7. The quantitative estimate of drug-likeness (QED) is 0.744. The van der Waals surface area contributed by atoms with E-state index >= 15 is 0 Å². The zero-order chi connectivity index (χ0) is 10.7.